The summed E-state index contributed by atoms with van der Waals surface area (Å²) < 4.78 is 8.02. The highest BCUT2D eigenvalue weighted by molar-refractivity contribution is 7.15. The number of thiophene rings is 1. The number of benzene rings is 1. The number of rotatable bonds is 6. The van der Waals surface area contributed by atoms with Crippen LogP contribution in [0.5, 0.6) is 5.75 Å². The number of hydrogen-bond acceptors (Lipinski definition) is 3. The highest BCUT2D eigenvalue weighted by Crippen LogP contribution is 2.44. The third-order valence-electron chi connectivity index (χ3n) is 6.94. The third-order valence-corrected chi connectivity index (χ3v) is 8.28. The first-order valence-electron chi connectivity index (χ1n) is 12.6. The zero-order valence-electron chi connectivity index (χ0n) is 20.5. The molecule has 1 aliphatic carbocycles. The lowest BCUT2D eigenvalue weighted by molar-refractivity contribution is 0.180. The van der Waals surface area contributed by atoms with Gasteiger partial charge in [0.2, 0.25) is 0 Å². The lowest BCUT2D eigenvalue weighted by Crippen LogP contribution is -2.42. The van der Waals surface area contributed by atoms with Gasteiger partial charge in [0.15, 0.2) is 0 Å². The summed E-state index contributed by atoms with van der Waals surface area (Å²) in [5.74, 6) is 1.41. The van der Waals surface area contributed by atoms with Crippen LogP contribution in [0.25, 0.3) is 5.00 Å². The molecule has 2 aromatic heterocycles. The number of fused-ring (bicyclic) bond motifs is 5. The lowest BCUT2D eigenvalue weighted by atomic mass is 9.95. The minimum atomic E-state index is -0.163. The van der Waals surface area contributed by atoms with Crippen molar-refractivity contribution in [2.24, 2.45) is 5.92 Å². The van der Waals surface area contributed by atoms with Crippen LogP contribution in [0.15, 0.2) is 42.6 Å². The summed E-state index contributed by atoms with van der Waals surface area (Å²) in [7, 11) is 0. The monoisotopic (exact) mass is 477 g/mol. The third kappa shape index (κ3) is 4.36. The second kappa shape index (κ2) is 9.87. The fourth-order valence-electron chi connectivity index (χ4n) is 5.22. The predicted octanol–water partition coefficient (Wildman–Crippen LogP) is 6.48. The maximum absolute atomic E-state index is 13.7. The molecule has 3 heterocycles. The molecule has 0 radical (unpaired) electrons. The van der Waals surface area contributed by atoms with Crippen LogP contribution >= 0.6 is 11.3 Å². The van der Waals surface area contributed by atoms with Gasteiger partial charge in [0, 0.05) is 23.2 Å². The second-order valence-corrected chi connectivity index (χ2v) is 10.8. The Bertz CT molecular complexity index is 1150. The zero-order chi connectivity index (χ0) is 23.7. The van der Waals surface area contributed by atoms with Crippen molar-refractivity contribution in [1.82, 2.24) is 14.8 Å². The van der Waals surface area contributed by atoms with Crippen molar-refractivity contribution in [1.29, 1.82) is 0 Å². The van der Waals surface area contributed by atoms with E-state index >= 15 is 0 Å². The molecule has 0 saturated carbocycles. The average molecular weight is 478 g/mol. The summed E-state index contributed by atoms with van der Waals surface area (Å²) in [6.07, 6.45) is 7.91. The van der Waals surface area contributed by atoms with E-state index in [0.717, 1.165) is 36.3 Å². The molecule has 180 valence electrons. The number of nitrogens with one attached hydrogen (secondary N) is 1. The predicted molar refractivity (Wildman–Crippen MR) is 138 cm³/mol. The summed E-state index contributed by atoms with van der Waals surface area (Å²) in [4.78, 5) is 17.3. The van der Waals surface area contributed by atoms with E-state index in [0.29, 0.717) is 25.6 Å². The Morgan fingerprint density at radius 3 is 2.71 bits per heavy atom. The van der Waals surface area contributed by atoms with E-state index in [1.807, 2.05) is 30.4 Å². The van der Waals surface area contributed by atoms with E-state index in [1.54, 1.807) is 0 Å². The van der Waals surface area contributed by atoms with Crippen molar-refractivity contribution in [3.05, 3.63) is 69.9 Å². The van der Waals surface area contributed by atoms with Crippen molar-refractivity contribution in [2.75, 3.05) is 13.2 Å². The largest absolute Gasteiger partial charge is 0.494 e. The molecule has 2 amide bonds. The van der Waals surface area contributed by atoms with Gasteiger partial charge in [-0.15, -0.1) is 11.3 Å². The minimum absolute atomic E-state index is 0.0101. The van der Waals surface area contributed by atoms with Crippen LogP contribution in [0.1, 0.15) is 73.3 Å². The van der Waals surface area contributed by atoms with E-state index in [-0.39, 0.29) is 12.1 Å². The summed E-state index contributed by atoms with van der Waals surface area (Å²) in [6, 6.07) is 12.4. The Hall–Kier alpha value is -2.73. The molecule has 2 aliphatic rings. The van der Waals surface area contributed by atoms with Crippen LogP contribution < -0.4 is 10.1 Å². The molecule has 0 unspecified atom stereocenters. The number of urea groups is 1. The van der Waals surface area contributed by atoms with Crippen molar-refractivity contribution < 1.29 is 9.53 Å². The number of carbonyl (C=O) groups is 1. The molecule has 1 aliphatic heterocycles. The van der Waals surface area contributed by atoms with E-state index in [2.05, 4.69) is 59.1 Å². The molecular weight excluding hydrogens is 442 g/mol. The van der Waals surface area contributed by atoms with Gasteiger partial charge in [-0.2, -0.15) is 0 Å². The highest BCUT2D eigenvalue weighted by atomic mass is 32.1. The highest BCUT2D eigenvalue weighted by Gasteiger charge is 2.36. The maximum Gasteiger partial charge on any atom is 0.318 e. The fourth-order valence-corrected chi connectivity index (χ4v) is 6.62. The normalized spacial score (nSPS) is 17.1. The number of nitrogens with zero attached hydrogens (tertiary/aromatic N) is 2. The van der Waals surface area contributed by atoms with Crippen LogP contribution in [0, 0.1) is 5.92 Å². The Labute approximate surface area is 206 Å². The molecule has 0 bridgehead atoms. The van der Waals surface area contributed by atoms with Gasteiger partial charge in [-0.05, 0) is 80.3 Å². The standard InChI is InChI=1S/C28H35N3O2S/c1-4-33-21-13-11-20(12-14-21)26-24-9-7-17-30(24)27-23(22-8-5-6-10-25(22)34-27)18-31(26)28(32)29-16-15-19(2)3/h7,9,11-14,17,19,26H,4-6,8,10,15-16,18H2,1-3H3,(H,29,32)/t26-/m0/s1. The molecular formula is C28H35N3O2S. The second-order valence-electron chi connectivity index (χ2n) is 9.74. The van der Waals surface area contributed by atoms with Crippen molar-refractivity contribution in [3.63, 3.8) is 0 Å². The summed E-state index contributed by atoms with van der Waals surface area (Å²) in [6.45, 7) is 8.35. The molecule has 5 rings (SSSR count). The van der Waals surface area contributed by atoms with Crippen molar-refractivity contribution in [3.8, 4) is 10.8 Å². The van der Waals surface area contributed by atoms with Gasteiger partial charge in [-0.3, -0.25) is 0 Å². The maximum atomic E-state index is 13.7. The summed E-state index contributed by atoms with van der Waals surface area (Å²) in [5.41, 5.74) is 5.06. The molecule has 1 atom stereocenters. The first kappa shape index (κ1) is 23.0. The summed E-state index contributed by atoms with van der Waals surface area (Å²) in [5, 5.41) is 4.52. The van der Waals surface area contributed by atoms with E-state index < -0.39 is 0 Å². The number of amides is 2. The van der Waals surface area contributed by atoms with Gasteiger partial charge >= 0.3 is 6.03 Å². The van der Waals surface area contributed by atoms with Crippen molar-refractivity contribution >= 4 is 17.4 Å². The number of aromatic nitrogens is 1. The number of carbonyl (C=O) groups excluding carboxylic acids is 1. The van der Waals surface area contributed by atoms with Crippen LogP contribution in [0.4, 0.5) is 4.79 Å². The van der Waals surface area contributed by atoms with Crippen LogP contribution in [-0.2, 0) is 19.4 Å². The lowest BCUT2D eigenvalue weighted by Gasteiger charge is -2.31. The van der Waals surface area contributed by atoms with Gasteiger partial charge < -0.3 is 19.5 Å². The quantitative estimate of drug-likeness (QED) is 0.442. The van der Waals surface area contributed by atoms with Gasteiger partial charge in [0.05, 0.1) is 24.9 Å². The Morgan fingerprint density at radius 2 is 1.94 bits per heavy atom. The van der Waals surface area contributed by atoms with Gasteiger partial charge in [-0.25, -0.2) is 4.79 Å². The average Bonchev–Trinajstić information content (AvgIpc) is 3.41. The molecule has 5 nitrogen and oxygen atoms in total. The van der Waals surface area contributed by atoms with Gasteiger partial charge in [0.1, 0.15) is 10.8 Å². The first-order chi connectivity index (χ1) is 16.6. The van der Waals surface area contributed by atoms with Gasteiger partial charge in [-0.1, -0.05) is 26.0 Å². The first-order valence-corrected chi connectivity index (χ1v) is 13.5. The molecule has 1 aromatic carbocycles. The Kier molecular flexibility index (Phi) is 6.68. The zero-order valence-corrected chi connectivity index (χ0v) is 21.3. The molecule has 0 fully saturated rings. The molecule has 0 spiro atoms. The molecule has 0 saturated heterocycles. The SMILES string of the molecule is CCOc1ccc([C@H]2c3cccn3-c3sc4c(c3CN2C(=O)NCCC(C)C)CCCC4)cc1. The topological polar surface area (TPSA) is 46.5 Å². The Balaban J connectivity index is 1.58. The van der Waals surface area contributed by atoms with E-state index in [4.69, 9.17) is 4.74 Å². The molecule has 1 N–H and O–H groups in total. The smallest absolute Gasteiger partial charge is 0.318 e. The van der Waals surface area contributed by atoms with E-state index in [1.165, 1.54) is 33.8 Å². The van der Waals surface area contributed by atoms with Crippen LogP contribution in [-0.4, -0.2) is 28.6 Å². The minimum Gasteiger partial charge on any atom is -0.494 e. The van der Waals surface area contributed by atoms with E-state index in [9.17, 15) is 4.79 Å². The Morgan fingerprint density at radius 1 is 1.15 bits per heavy atom. The summed E-state index contributed by atoms with van der Waals surface area (Å²) >= 11 is 1.92. The van der Waals surface area contributed by atoms with Crippen molar-refractivity contribution in [2.45, 2.75) is 65.5 Å². The molecule has 34 heavy (non-hydrogen) atoms. The van der Waals surface area contributed by atoms with Gasteiger partial charge in [0.25, 0.3) is 0 Å². The molecule has 3 aromatic rings. The number of aryl methyl sites for hydroxylation is 1. The molecule has 6 heteroatoms. The fraction of sp³-hybridized carbons (Fsp3) is 0.464. The van der Waals surface area contributed by atoms with Crippen LogP contribution in [0.3, 0.4) is 0 Å². The van der Waals surface area contributed by atoms with Crippen LogP contribution in [0.2, 0.25) is 0 Å². The number of ether oxygens (including phenoxy) is 1. The number of hydrogen-bond donors (Lipinski definition) is 1.